The van der Waals surface area contributed by atoms with Gasteiger partial charge in [-0.25, -0.2) is 0 Å². The molecule has 3 rings (SSSR count). The Morgan fingerprint density at radius 2 is 2.10 bits per heavy atom. The average Bonchev–Trinajstić information content (AvgIpc) is 2.88. The van der Waals surface area contributed by atoms with Crippen LogP contribution in [0.2, 0.25) is 5.02 Å². The highest BCUT2D eigenvalue weighted by Crippen LogP contribution is 2.34. The van der Waals surface area contributed by atoms with E-state index in [0.717, 1.165) is 16.4 Å². The Morgan fingerprint density at radius 3 is 2.90 bits per heavy atom. The Kier molecular flexibility index (Phi) is 3.91. The van der Waals surface area contributed by atoms with Crippen molar-refractivity contribution in [2.24, 2.45) is 5.73 Å². The molecule has 0 fully saturated rings. The lowest BCUT2D eigenvalue weighted by Crippen LogP contribution is -2.10. The van der Waals surface area contributed by atoms with Gasteiger partial charge in [-0.1, -0.05) is 41.6 Å². The van der Waals surface area contributed by atoms with Crippen LogP contribution in [0.15, 0.2) is 53.8 Å². The highest BCUT2D eigenvalue weighted by Gasteiger charge is 2.15. The zero-order valence-electron chi connectivity index (χ0n) is 10.6. The number of hydrogen-bond acceptors (Lipinski definition) is 4. The number of halogens is 1. The van der Waals surface area contributed by atoms with Crippen LogP contribution < -0.4 is 5.73 Å². The van der Waals surface area contributed by atoms with Crippen LogP contribution in [0.1, 0.15) is 10.8 Å². The normalized spacial score (nSPS) is 12.7. The first-order valence-corrected chi connectivity index (χ1v) is 7.45. The van der Waals surface area contributed by atoms with Gasteiger partial charge in [-0.15, -0.1) is 10.2 Å². The summed E-state index contributed by atoms with van der Waals surface area (Å²) in [6.45, 7) is 0.507. The first kappa shape index (κ1) is 13.4. The minimum Gasteiger partial charge on any atom is -0.329 e. The zero-order valence-corrected chi connectivity index (χ0v) is 12.2. The van der Waals surface area contributed by atoms with Crippen molar-refractivity contribution in [1.29, 1.82) is 0 Å². The zero-order chi connectivity index (χ0) is 13.9. The van der Waals surface area contributed by atoms with E-state index in [4.69, 9.17) is 17.3 Å². The van der Waals surface area contributed by atoms with E-state index < -0.39 is 0 Å². The Balaban J connectivity index is 1.92. The molecule has 0 amide bonds. The number of pyridine rings is 1. The van der Waals surface area contributed by atoms with E-state index in [1.165, 1.54) is 0 Å². The quantitative estimate of drug-likeness (QED) is 0.752. The molecule has 3 aromatic rings. The van der Waals surface area contributed by atoms with Crippen LogP contribution in [-0.2, 0) is 0 Å². The van der Waals surface area contributed by atoms with Crippen LogP contribution in [0.3, 0.4) is 0 Å². The Morgan fingerprint density at radius 1 is 1.20 bits per heavy atom. The number of fused-ring (bicyclic) bond motifs is 1. The second-order valence-electron chi connectivity index (χ2n) is 4.31. The highest BCUT2D eigenvalue weighted by molar-refractivity contribution is 7.99. The van der Waals surface area contributed by atoms with Crippen molar-refractivity contribution in [3.05, 3.63) is 59.2 Å². The molecule has 0 bridgehead atoms. The third kappa shape index (κ3) is 2.65. The molecule has 2 N–H and O–H groups in total. The van der Waals surface area contributed by atoms with Gasteiger partial charge in [0.1, 0.15) is 0 Å². The molecule has 4 nitrogen and oxygen atoms in total. The number of aromatic nitrogens is 3. The summed E-state index contributed by atoms with van der Waals surface area (Å²) in [5, 5.41) is 10.0. The maximum atomic E-state index is 6.04. The van der Waals surface area contributed by atoms with Crippen molar-refractivity contribution in [1.82, 2.24) is 14.6 Å². The fraction of sp³-hybridized carbons (Fsp3) is 0.143. The van der Waals surface area contributed by atoms with Crippen LogP contribution in [0.5, 0.6) is 0 Å². The molecule has 102 valence electrons. The van der Waals surface area contributed by atoms with Gasteiger partial charge < -0.3 is 5.73 Å². The minimum atomic E-state index is 0.0984. The summed E-state index contributed by atoms with van der Waals surface area (Å²) in [7, 11) is 0. The monoisotopic (exact) mass is 304 g/mol. The second-order valence-corrected chi connectivity index (χ2v) is 5.91. The topological polar surface area (TPSA) is 56.2 Å². The molecule has 0 saturated heterocycles. The van der Waals surface area contributed by atoms with Gasteiger partial charge >= 0.3 is 0 Å². The van der Waals surface area contributed by atoms with Gasteiger partial charge in [-0.2, -0.15) is 0 Å². The third-order valence-corrected chi connectivity index (χ3v) is 4.44. The highest BCUT2D eigenvalue weighted by atomic mass is 35.5. The van der Waals surface area contributed by atoms with E-state index in [0.29, 0.717) is 11.6 Å². The molecule has 0 radical (unpaired) electrons. The molecule has 2 heterocycles. The van der Waals surface area contributed by atoms with E-state index in [1.807, 2.05) is 53.1 Å². The number of benzene rings is 1. The Labute approximate surface area is 126 Å². The van der Waals surface area contributed by atoms with E-state index in [-0.39, 0.29) is 5.25 Å². The number of thioether (sulfide) groups is 1. The molecular formula is C14H13ClN4S. The van der Waals surface area contributed by atoms with Crippen molar-refractivity contribution < 1.29 is 0 Å². The summed E-state index contributed by atoms with van der Waals surface area (Å²) < 4.78 is 1.96. The number of nitrogens with two attached hydrogens (primary N) is 1. The summed E-state index contributed by atoms with van der Waals surface area (Å²) >= 11 is 7.63. The van der Waals surface area contributed by atoms with Gasteiger partial charge in [0.2, 0.25) is 0 Å². The van der Waals surface area contributed by atoms with Crippen molar-refractivity contribution in [2.45, 2.75) is 10.4 Å². The number of nitrogens with zero attached hydrogens (tertiary/aromatic N) is 3. The lowest BCUT2D eigenvalue weighted by atomic mass is 10.1. The summed E-state index contributed by atoms with van der Waals surface area (Å²) in [6.07, 6.45) is 1.95. The average molecular weight is 305 g/mol. The van der Waals surface area contributed by atoms with E-state index in [2.05, 4.69) is 10.2 Å². The third-order valence-electron chi connectivity index (χ3n) is 2.96. The Hall–Kier alpha value is -1.56. The molecule has 0 spiro atoms. The van der Waals surface area contributed by atoms with Gasteiger partial charge in [-0.05, 0) is 29.8 Å². The van der Waals surface area contributed by atoms with Gasteiger partial charge in [0, 0.05) is 23.0 Å². The Bertz CT molecular complexity index is 728. The molecule has 1 unspecified atom stereocenters. The minimum absolute atomic E-state index is 0.0984. The summed E-state index contributed by atoms with van der Waals surface area (Å²) in [4.78, 5) is 0. The molecule has 1 aromatic carbocycles. The SMILES string of the molecule is NCC(Sc1nnc2ccccn12)c1cccc(Cl)c1. The van der Waals surface area contributed by atoms with E-state index in [1.54, 1.807) is 11.8 Å². The number of hydrogen-bond donors (Lipinski definition) is 1. The largest absolute Gasteiger partial charge is 0.329 e. The molecule has 20 heavy (non-hydrogen) atoms. The molecule has 0 aliphatic rings. The molecular weight excluding hydrogens is 292 g/mol. The smallest absolute Gasteiger partial charge is 0.196 e. The molecule has 0 aliphatic heterocycles. The predicted molar refractivity (Wildman–Crippen MR) is 82.1 cm³/mol. The van der Waals surface area contributed by atoms with Crippen LogP contribution in [0.4, 0.5) is 0 Å². The van der Waals surface area contributed by atoms with Crippen molar-refractivity contribution in [3.63, 3.8) is 0 Å². The maximum absolute atomic E-state index is 6.04. The summed E-state index contributed by atoms with van der Waals surface area (Å²) in [5.41, 5.74) is 7.82. The maximum Gasteiger partial charge on any atom is 0.196 e. The fourth-order valence-corrected chi connectivity index (χ4v) is 3.17. The van der Waals surface area contributed by atoms with E-state index >= 15 is 0 Å². The van der Waals surface area contributed by atoms with Gasteiger partial charge in [0.05, 0.1) is 0 Å². The second kappa shape index (κ2) is 5.83. The molecule has 2 aromatic heterocycles. The van der Waals surface area contributed by atoms with Crippen LogP contribution in [0.25, 0.3) is 5.65 Å². The fourth-order valence-electron chi connectivity index (χ4n) is 1.99. The number of rotatable bonds is 4. The van der Waals surface area contributed by atoms with Crippen LogP contribution in [0, 0.1) is 0 Å². The lowest BCUT2D eigenvalue weighted by molar-refractivity contribution is 0.888. The molecule has 0 saturated carbocycles. The van der Waals surface area contributed by atoms with Crippen molar-refractivity contribution >= 4 is 29.0 Å². The molecule has 0 aliphatic carbocycles. The standard InChI is InChI=1S/C14H13ClN4S/c15-11-5-3-4-10(8-11)12(9-16)20-14-18-17-13-6-1-2-7-19(13)14/h1-8,12H,9,16H2. The lowest BCUT2D eigenvalue weighted by Gasteiger charge is -2.13. The van der Waals surface area contributed by atoms with Gasteiger partial charge in [0.15, 0.2) is 10.8 Å². The molecule has 6 heteroatoms. The summed E-state index contributed by atoms with van der Waals surface area (Å²) in [6, 6.07) is 13.6. The predicted octanol–water partition coefficient (Wildman–Crippen LogP) is 3.17. The van der Waals surface area contributed by atoms with Gasteiger partial charge in [0.25, 0.3) is 0 Å². The van der Waals surface area contributed by atoms with Crippen LogP contribution in [-0.4, -0.2) is 21.1 Å². The van der Waals surface area contributed by atoms with Crippen molar-refractivity contribution in [2.75, 3.05) is 6.54 Å². The van der Waals surface area contributed by atoms with E-state index in [9.17, 15) is 0 Å². The molecule has 1 atom stereocenters. The first-order valence-electron chi connectivity index (χ1n) is 6.20. The van der Waals surface area contributed by atoms with Crippen LogP contribution >= 0.6 is 23.4 Å². The first-order chi connectivity index (χ1) is 9.78. The van der Waals surface area contributed by atoms with Gasteiger partial charge in [-0.3, -0.25) is 4.40 Å². The van der Waals surface area contributed by atoms with Crippen molar-refractivity contribution in [3.8, 4) is 0 Å². The summed E-state index contributed by atoms with van der Waals surface area (Å²) in [5.74, 6) is 0.